The maximum atomic E-state index is 9.39. The monoisotopic (exact) mass is 423 g/mol. The molecule has 0 bridgehead atoms. The van der Waals surface area contributed by atoms with Crippen molar-refractivity contribution in [3.63, 3.8) is 0 Å². The molecule has 0 spiro atoms. The molecule has 2 atom stereocenters. The zero-order valence-corrected chi connectivity index (χ0v) is 19.8. The summed E-state index contributed by atoms with van der Waals surface area (Å²) in [6.45, 7) is 11.0. The first-order chi connectivity index (χ1) is 15.4. The number of fused-ring (bicyclic) bond motifs is 2. The molecule has 1 aromatic rings. The second kappa shape index (κ2) is 8.84. The lowest BCUT2D eigenvalue weighted by atomic mass is 9.59. The minimum Gasteiger partial charge on any atom is -0.372 e. The van der Waals surface area contributed by atoms with Crippen LogP contribution in [0.4, 0.5) is 5.69 Å². The van der Waals surface area contributed by atoms with E-state index in [0.29, 0.717) is 11.8 Å². The minimum atomic E-state index is 0.0602. The predicted octanol–water partition coefficient (Wildman–Crippen LogP) is 6.97. The van der Waals surface area contributed by atoms with Gasteiger partial charge < -0.3 is 4.90 Å². The van der Waals surface area contributed by atoms with Gasteiger partial charge in [0.15, 0.2) is 0 Å². The molecule has 0 fully saturated rings. The maximum Gasteiger partial charge on any atom is 0.132 e. The van der Waals surface area contributed by atoms with Crippen LogP contribution in [0.5, 0.6) is 0 Å². The maximum absolute atomic E-state index is 9.39. The fraction of sp³-hybridized carbons (Fsp3) is 0.448. The van der Waals surface area contributed by atoms with E-state index in [4.69, 9.17) is 0 Å². The number of nitriles is 2. The van der Waals surface area contributed by atoms with E-state index in [2.05, 4.69) is 87.2 Å². The van der Waals surface area contributed by atoms with Crippen molar-refractivity contribution in [2.75, 3.05) is 18.0 Å². The molecule has 3 aliphatic carbocycles. The third-order valence-electron chi connectivity index (χ3n) is 7.67. The molecule has 0 saturated heterocycles. The molecule has 0 amide bonds. The predicted molar refractivity (Wildman–Crippen MR) is 132 cm³/mol. The Bertz CT molecular complexity index is 1080. The summed E-state index contributed by atoms with van der Waals surface area (Å²) in [6.07, 6.45) is 11.2. The van der Waals surface area contributed by atoms with Gasteiger partial charge in [0.25, 0.3) is 0 Å². The molecule has 0 N–H and O–H groups in total. The highest BCUT2D eigenvalue weighted by Gasteiger charge is 2.41. The van der Waals surface area contributed by atoms with E-state index >= 15 is 0 Å². The Morgan fingerprint density at radius 1 is 1.00 bits per heavy atom. The highest BCUT2D eigenvalue weighted by molar-refractivity contribution is 5.72. The molecule has 3 aliphatic rings. The van der Waals surface area contributed by atoms with Gasteiger partial charge in [-0.2, -0.15) is 10.5 Å². The van der Waals surface area contributed by atoms with Gasteiger partial charge in [-0.05, 0) is 96.8 Å². The van der Waals surface area contributed by atoms with Crippen molar-refractivity contribution >= 4 is 11.3 Å². The highest BCUT2D eigenvalue weighted by Crippen LogP contribution is 2.52. The number of nitrogens with zero attached hydrogens (tertiary/aromatic N) is 3. The van der Waals surface area contributed by atoms with Crippen molar-refractivity contribution in [1.82, 2.24) is 0 Å². The summed E-state index contributed by atoms with van der Waals surface area (Å²) < 4.78 is 0. The third kappa shape index (κ3) is 4.05. The lowest BCUT2D eigenvalue weighted by molar-refractivity contribution is 0.200. The van der Waals surface area contributed by atoms with Gasteiger partial charge in [0, 0.05) is 18.8 Å². The summed E-state index contributed by atoms with van der Waals surface area (Å²) in [5.41, 5.74) is 7.94. The van der Waals surface area contributed by atoms with Gasteiger partial charge in [-0.1, -0.05) is 44.2 Å². The van der Waals surface area contributed by atoms with E-state index in [0.717, 1.165) is 37.9 Å². The summed E-state index contributed by atoms with van der Waals surface area (Å²) in [5.74, 6) is 1.09. The molecule has 1 aromatic carbocycles. The molecule has 3 heteroatoms. The largest absolute Gasteiger partial charge is 0.372 e. The second-order valence-electron chi connectivity index (χ2n) is 9.99. The fourth-order valence-electron chi connectivity index (χ4n) is 5.83. The van der Waals surface area contributed by atoms with Crippen LogP contribution < -0.4 is 4.90 Å². The van der Waals surface area contributed by atoms with E-state index < -0.39 is 0 Å². The van der Waals surface area contributed by atoms with Crippen molar-refractivity contribution in [1.29, 1.82) is 10.5 Å². The zero-order chi connectivity index (χ0) is 22.9. The average molecular weight is 424 g/mol. The molecule has 0 aromatic heterocycles. The van der Waals surface area contributed by atoms with Crippen molar-refractivity contribution in [3.8, 4) is 12.1 Å². The number of allylic oxidation sites excluding steroid dienone is 8. The summed E-state index contributed by atoms with van der Waals surface area (Å²) in [7, 11) is 0. The molecular weight excluding hydrogens is 390 g/mol. The van der Waals surface area contributed by atoms with E-state index in [-0.39, 0.29) is 11.0 Å². The molecule has 3 nitrogen and oxygen atoms in total. The van der Waals surface area contributed by atoms with Crippen LogP contribution in [0.2, 0.25) is 0 Å². The molecule has 4 rings (SSSR count). The quantitative estimate of drug-likeness (QED) is 0.491. The van der Waals surface area contributed by atoms with Crippen LogP contribution in [-0.2, 0) is 0 Å². The van der Waals surface area contributed by atoms with Gasteiger partial charge in [-0.3, -0.25) is 0 Å². The van der Waals surface area contributed by atoms with Crippen LogP contribution in [0, 0.1) is 39.9 Å². The Balaban J connectivity index is 1.68. The van der Waals surface area contributed by atoms with E-state index in [1.165, 1.54) is 34.4 Å². The number of anilines is 1. The van der Waals surface area contributed by atoms with Gasteiger partial charge in [-0.25, -0.2) is 0 Å². The number of hydrogen-bond acceptors (Lipinski definition) is 3. The Morgan fingerprint density at radius 2 is 1.69 bits per heavy atom. The Labute approximate surface area is 193 Å². The summed E-state index contributed by atoms with van der Waals surface area (Å²) in [6, 6.07) is 13.2. The first-order valence-electron chi connectivity index (χ1n) is 11.9. The standard InChI is InChI=1S/C29H33N3/c1-5-32(6-2)27-11-9-20(10-12-27)21-7-8-22-16-28-24(14-23(22)13-21)15-25(17-29(28,3)4)26(18-30)19-31/h9-15,22,28H,5-8,16-17H2,1-4H3. The lowest BCUT2D eigenvalue weighted by Crippen LogP contribution is -2.34. The van der Waals surface area contributed by atoms with Crippen LogP contribution in [0.25, 0.3) is 5.57 Å². The first-order valence-corrected chi connectivity index (χ1v) is 11.9. The molecule has 0 radical (unpaired) electrons. The fourth-order valence-corrected chi connectivity index (χ4v) is 5.83. The van der Waals surface area contributed by atoms with Gasteiger partial charge in [0.05, 0.1) is 0 Å². The van der Waals surface area contributed by atoms with Crippen LogP contribution >= 0.6 is 0 Å². The molecule has 0 saturated carbocycles. The summed E-state index contributed by atoms with van der Waals surface area (Å²) in [4.78, 5) is 2.37. The summed E-state index contributed by atoms with van der Waals surface area (Å²) in [5, 5.41) is 18.8. The first kappa shape index (κ1) is 22.2. The van der Waals surface area contributed by atoms with Crippen LogP contribution in [0.15, 0.2) is 64.8 Å². The second-order valence-corrected chi connectivity index (χ2v) is 9.99. The van der Waals surface area contributed by atoms with Crippen molar-refractivity contribution in [2.45, 2.75) is 53.4 Å². The van der Waals surface area contributed by atoms with Crippen molar-refractivity contribution in [2.24, 2.45) is 17.3 Å². The zero-order valence-electron chi connectivity index (χ0n) is 19.8. The Hall–Kier alpha value is -3.04. The molecule has 32 heavy (non-hydrogen) atoms. The topological polar surface area (TPSA) is 50.8 Å². The van der Waals surface area contributed by atoms with Gasteiger partial charge in [0.2, 0.25) is 0 Å². The summed E-state index contributed by atoms with van der Waals surface area (Å²) >= 11 is 0. The molecular formula is C29H33N3. The molecule has 164 valence electrons. The van der Waals surface area contributed by atoms with Crippen LogP contribution in [0.1, 0.15) is 58.9 Å². The third-order valence-corrected chi connectivity index (χ3v) is 7.67. The minimum absolute atomic E-state index is 0.0602. The average Bonchev–Trinajstić information content (AvgIpc) is 2.79. The van der Waals surface area contributed by atoms with Gasteiger partial charge in [-0.15, -0.1) is 0 Å². The van der Waals surface area contributed by atoms with Gasteiger partial charge >= 0.3 is 0 Å². The SMILES string of the molecule is CCN(CC)c1ccc(C2=CC3=CC4=CC(=C(C#N)C#N)CC(C)(C)C4CC3CC2)cc1. The highest BCUT2D eigenvalue weighted by atomic mass is 15.1. The van der Waals surface area contributed by atoms with Gasteiger partial charge in [0.1, 0.15) is 17.7 Å². The van der Waals surface area contributed by atoms with E-state index in [9.17, 15) is 10.5 Å². The smallest absolute Gasteiger partial charge is 0.132 e. The van der Waals surface area contributed by atoms with E-state index in [1.807, 2.05) is 0 Å². The van der Waals surface area contributed by atoms with Crippen molar-refractivity contribution < 1.29 is 0 Å². The Kier molecular flexibility index (Phi) is 6.12. The number of benzene rings is 1. The number of hydrogen-bond donors (Lipinski definition) is 0. The molecule has 2 unspecified atom stereocenters. The van der Waals surface area contributed by atoms with E-state index in [1.54, 1.807) is 0 Å². The number of rotatable bonds is 4. The molecule has 0 heterocycles. The van der Waals surface area contributed by atoms with Crippen molar-refractivity contribution in [3.05, 3.63) is 70.3 Å². The normalized spacial score (nSPS) is 23.4. The Morgan fingerprint density at radius 3 is 2.31 bits per heavy atom. The molecule has 0 aliphatic heterocycles. The lowest BCUT2D eigenvalue weighted by Gasteiger charge is -2.45. The van der Waals surface area contributed by atoms with Crippen LogP contribution in [0.3, 0.4) is 0 Å². The van der Waals surface area contributed by atoms with Crippen LogP contribution in [-0.4, -0.2) is 13.1 Å².